The minimum atomic E-state index is 0.400. The Morgan fingerprint density at radius 1 is 1.30 bits per heavy atom. The fraction of sp³-hybridized carbons (Fsp3) is 0.615. The molecule has 0 radical (unpaired) electrons. The number of nitrogens with zero attached hydrogens (tertiary/aromatic N) is 5. The van der Waals surface area contributed by atoms with Gasteiger partial charge in [0.15, 0.2) is 5.65 Å². The number of halogens is 1. The molecule has 2 N–H and O–H groups in total. The molecule has 7 heteroatoms. The van der Waals surface area contributed by atoms with Gasteiger partial charge >= 0.3 is 0 Å². The highest BCUT2D eigenvalue weighted by Crippen LogP contribution is 2.48. The van der Waals surface area contributed by atoms with Gasteiger partial charge in [0.05, 0.1) is 4.47 Å². The molecule has 1 aliphatic carbocycles. The number of hydrogen-bond donors (Lipinski definition) is 1. The van der Waals surface area contributed by atoms with Gasteiger partial charge in [0.2, 0.25) is 5.95 Å². The topological polar surface area (TPSA) is 72.3 Å². The zero-order valence-corrected chi connectivity index (χ0v) is 12.8. The van der Waals surface area contributed by atoms with Crippen LogP contribution in [-0.2, 0) is 0 Å². The lowest BCUT2D eigenvalue weighted by Gasteiger charge is -2.52. The zero-order chi connectivity index (χ0) is 13.7. The first-order valence-electron chi connectivity index (χ1n) is 7.04. The first kappa shape index (κ1) is 12.5. The summed E-state index contributed by atoms with van der Waals surface area (Å²) in [7, 11) is 0. The normalized spacial score (nSPS) is 25.1. The van der Waals surface area contributed by atoms with Crippen LogP contribution >= 0.6 is 15.9 Å². The van der Waals surface area contributed by atoms with Crippen molar-refractivity contribution >= 4 is 27.5 Å². The summed E-state index contributed by atoms with van der Waals surface area (Å²) in [6, 6.07) is 0.400. The van der Waals surface area contributed by atoms with Crippen molar-refractivity contribution < 1.29 is 0 Å². The van der Waals surface area contributed by atoms with Crippen LogP contribution in [0.5, 0.6) is 0 Å². The average Bonchev–Trinajstić information content (AvgIpc) is 2.97. The minimum Gasteiger partial charge on any atom is -0.342 e. The van der Waals surface area contributed by atoms with Gasteiger partial charge < -0.3 is 10.6 Å². The Balaban J connectivity index is 1.62. The molecule has 1 spiro atoms. The van der Waals surface area contributed by atoms with E-state index in [2.05, 4.69) is 36.0 Å². The van der Waals surface area contributed by atoms with Crippen molar-refractivity contribution in [3.8, 4) is 0 Å². The van der Waals surface area contributed by atoms with Gasteiger partial charge in [-0.25, -0.2) is 9.38 Å². The van der Waals surface area contributed by atoms with Crippen molar-refractivity contribution in [2.45, 2.75) is 31.7 Å². The Kier molecular flexibility index (Phi) is 2.75. The smallest absolute Gasteiger partial charge is 0.212 e. The van der Waals surface area contributed by atoms with Gasteiger partial charge in [0.25, 0.3) is 0 Å². The van der Waals surface area contributed by atoms with Crippen LogP contribution in [-0.4, -0.2) is 38.7 Å². The summed E-state index contributed by atoms with van der Waals surface area (Å²) in [5, 5.41) is 8.10. The van der Waals surface area contributed by atoms with Crippen molar-refractivity contribution in [1.82, 2.24) is 19.6 Å². The van der Waals surface area contributed by atoms with Gasteiger partial charge in [-0.15, -0.1) is 10.2 Å². The Morgan fingerprint density at radius 3 is 2.75 bits per heavy atom. The van der Waals surface area contributed by atoms with Crippen LogP contribution in [0.25, 0.3) is 5.65 Å². The third-order valence-electron chi connectivity index (χ3n) is 5.05. The molecule has 0 unspecified atom stereocenters. The molecule has 2 aromatic rings. The molecule has 1 atom stereocenters. The van der Waals surface area contributed by atoms with Crippen molar-refractivity contribution in [1.29, 1.82) is 0 Å². The molecular weight excluding hydrogens is 320 g/mol. The third-order valence-corrected chi connectivity index (χ3v) is 5.61. The minimum absolute atomic E-state index is 0.400. The molecule has 0 amide bonds. The SMILES string of the molecule is N[C@@H]1CCC12CCN(c1ncc(Br)c3nncn13)CC2. The van der Waals surface area contributed by atoms with Crippen molar-refractivity contribution in [3.63, 3.8) is 0 Å². The highest BCUT2D eigenvalue weighted by Gasteiger charge is 2.46. The largest absolute Gasteiger partial charge is 0.342 e. The van der Waals surface area contributed by atoms with E-state index in [4.69, 9.17) is 5.73 Å². The third kappa shape index (κ3) is 1.69. The quantitative estimate of drug-likeness (QED) is 0.856. The fourth-order valence-electron chi connectivity index (χ4n) is 3.50. The Bertz CT molecular complexity index is 645. The van der Waals surface area contributed by atoms with Crippen molar-refractivity contribution in [2.24, 2.45) is 11.1 Å². The van der Waals surface area contributed by atoms with Crippen LogP contribution in [0.3, 0.4) is 0 Å². The van der Waals surface area contributed by atoms with Gasteiger partial charge in [-0.05, 0) is 47.0 Å². The predicted octanol–water partition coefficient (Wildman–Crippen LogP) is 1.59. The van der Waals surface area contributed by atoms with Gasteiger partial charge in [0, 0.05) is 25.3 Å². The summed E-state index contributed by atoms with van der Waals surface area (Å²) < 4.78 is 2.82. The number of rotatable bonds is 1. The zero-order valence-electron chi connectivity index (χ0n) is 11.2. The molecule has 4 rings (SSSR count). The second kappa shape index (κ2) is 4.39. The molecule has 0 aromatic carbocycles. The molecule has 1 aliphatic heterocycles. The lowest BCUT2D eigenvalue weighted by atomic mass is 9.60. The van der Waals surface area contributed by atoms with Crippen LogP contribution in [0.15, 0.2) is 17.0 Å². The molecule has 0 bridgehead atoms. The summed E-state index contributed by atoms with van der Waals surface area (Å²) in [5.41, 5.74) is 7.42. The molecule has 106 valence electrons. The van der Waals surface area contributed by atoms with Gasteiger partial charge in [0.1, 0.15) is 6.33 Å². The lowest BCUT2D eigenvalue weighted by Crippen LogP contribution is -2.56. The molecule has 2 aromatic heterocycles. The van der Waals surface area contributed by atoms with Crippen LogP contribution in [0, 0.1) is 5.41 Å². The standard InChI is InChI=1S/C13H17BrN6/c14-9-7-16-12(20-8-17-18-11(9)20)19-5-3-13(4-6-19)2-1-10(13)15/h7-8,10H,1-6,15H2/t10-/m1/s1. The summed E-state index contributed by atoms with van der Waals surface area (Å²) in [5.74, 6) is 0.927. The molecule has 2 fully saturated rings. The Labute approximate surface area is 125 Å². The highest BCUT2D eigenvalue weighted by atomic mass is 79.9. The van der Waals surface area contributed by atoms with Crippen molar-refractivity contribution in [3.05, 3.63) is 17.0 Å². The summed E-state index contributed by atoms with van der Waals surface area (Å²) in [6.07, 6.45) is 8.33. The maximum Gasteiger partial charge on any atom is 0.212 e. The van der Waals surface area contributed by atoms with E-state index in [1.54, 1.807) is 12.5 Å². The predicted molar refractivity (Wildman–Crippen MR) is 79.6 cm³/mol. The number of hydrogen-bond acceptors (Lipinski definition) is 5. The monoisotopic (exact) mass is 336 g/mol. The maximum absolute atomic E-state index is 6.20. The second-order valence-electron chi connectivity index (χ2n) is 5.93. The number of anilines is 1. The van der Waals surface area contributed by atoms with E-state index < -0.39 is 0 Å². The number of piperidine rings is 1. The summed E-state index contributed by atoms with van der Waals surface area (Å²) in [4.78, 5) is 6.86. The van der Waals surface area contributed by atoms with Gasteiger partial charge in [-0.1, -0.05) is 0 Å². The van der Waals surface area contributed by atoms with E-state index in [9.17, 15) is 0 Å². The number of fused-ring (bicyclic) bond motifs is 1. The molecule has 1 saturated heterocycles. The molecule has 6 nitrogen and oxygen atoms in total. The second-order valence-corrected chi connectivity index (χ2v) is 6.78. The van der Waals surface area contributed by atoms with E-state index in [1.165, 1.54) is 12.8 Å². The molecular formula is C13H17BrN6. The van der Waals surface area contributed by atoms with E-state index in [-0.39, 0.29) is 0 Å². The van der Waals surface area contributed by atoms with E-state index in [0.29, 0.717) is 11.5 Å². The van der Waals surface area contributed by atoms with Crippen LogP contribution in [0.1, 0.15) is 25.7 Å². The first-order chi connectivity index (χ1) is 9.70. The summed E-state index contributed by atoms with van der Waals surface area (Å²) >= 11 is 3.46. The van der Waals surface area contributed by atoms with E-state index in [0.717, 1.165) is 42.0 Å². The maximum atomic E-state index is 6.20. The molecule has 20 heavy (non-hydrogen) atoms. The van der Waals surface area contributed by atoms with E-state index in [1.807, 2.05) is 4.40 Å². The fourth-order valence-corrected chi connectivity index (χ4v) is 3.88. The van der Waals surface area contributed by atoms with Gasteiger partial charge in [-0.3, -0.25) is 0 Å². The van der Waals surface area contributed by atoms with Crippen LogP contribution < -0.4 is 10.6 Å². The van der Waals surface area contributed by atoms with Crippen LogP contribution in [0.2, 0.25) is 0 Å². The van der Waals surface area contributed by atoms with E-state index >= 15 is 0 Å². The molecule has 2 aliphatic rings. The summed E-state index contributed by atoms with van der Waals surface area (Å²) in [6.45, 7) is 2.02. The Hall–Kier alpha value is -1.21. The van der Waals surface area contributed by atoms with Crippen molar-refractivity contribution in [2.75, 3.05) is 18.0 Å². The number of nitrogens with two attached hydrogens (primary N) is 1. The number of aromatic nitrogens is 4. The van der Waals surface area contributed by atoms with Gasteiger partial charge in [-0.2, -0.15) is 0 Å². The Morgan fingerprint density at radius 2 is 2.10 bits per heavy atom. The molecule has 1 saturated carbocycles. The van der Waals surface area contributed by atoms with Crippen LogP contribution in [0.4, 0.5) is 5.95 Å². The average molecular weight is 337 g/mol. The molecule has 3 heterocycles. The highest BCUT2D eigenvalue weighted by molar-refractivity contribution is 9.10. The first-order valence-corrected chi connectivity index (χ1v) is 7.84. The lowest BCUT2D eigenvalue weighted by molar-refractivity contribution is 0.0608.